The van der Waals surface area contributed by atoms with Gasteiger partial charge in [-0.1, -0.05) is 13.0 Å². The van der Waals surface area contributed by atoms with Crippen molar-refractivity contribution in [2.45, 2.75) is 52.2 Å². The Morgan fingerprint density at radius 2 is 2.06 bits per heavy atom. The summed E-state index contributed by atoms with van der Waals surface area (Å²) in [5.74, 6) is -0.0120. The zero-order valence-corrected chi connectivity index (χ0v) is 17.7. The van der Waals surface area contributed by atoms with Gasteiger partial charge in [0.2, 0.25) is 5.91 Å². The minimum Gasteiger partial charge on any atom is -0.355 e. The monoisotopic (exact) mass is 434 g/mol. The van der Waals surface area contributed by atoms with Gasteiger partial charge >= 0.3 is 0 Å². The van der Waals surface area contributed by atoms with Crippen LogP contribution >= 0.6 is 0 Å². The number of rotatable bonds is 9. The van der Waals surface area contributed by atoms with E-state index in [0.717, 1.165) is 19.3 Å². The van der Waals surface area contributed by atoms with Crippen LogP contribution in [0.2, 0.25) is 0 Å². The maximum absolute atomic E-state index is 13.0. The number of carbonyl (C=O) groups is 2. The number of aliphatic imine (C=N–C) groups is 1. The van der Waals surface area contributed by atoms with Gasteiger partial charge in [-0.2, -0.15) is 0 Å². The first-order valence-corrected chi connectivity index (χ1v) is 10.6. The lowest BCUT2D eigenvalue weighted by atomic mass is 9.99. The van der Waals surface area contributed by atoms with E-state index in [1.807, 2.05) is 6.92 Å². The van der Waals surface area contributed by atoms with E-state index in [1.165, 1.54) is 6.21 Å². The van der Waals surface area contributed by atoms with Crippen LogP contribution in [0.1, 0.15) is 48.7 Å². The quantitative estimate of drug-likeness (QED) is 0.582. The first-order valence-electron chi connectivity index (χ1n) is 10.6. The Kier molecular flexibility index (Phi) is 7.84. The molecule has 0 spiro atoms. The number of hydrogen-bond acceptors (Lipinski definition) is 5. The number of hydrogen-bond donors (Lipinski definition) is 2. The van der Waals surface area contributed by atoms with Gasteiger partial charge < -0.3 is 15.4 Å². The van der Waals surface area contributed by atoms with Crippen molar-refractivity contribution in [2.24, 2.45) is 16.8 Å². The van der Waals surface area contributed by atoms with Crippen LogP contribution in [-0.2, 0) is 9.53 Å². The zero-order valence-electron chi connectivity index (χ0n) is 17.7. The van der Waals surface area contributed by atoms with Crippen molar-refractivity contribution in [1.29, 1.82) is 0 Å². The fraction of sp³-hybridized carbons (Fsp3) is 0.545. The molecule has 9 heteroatoms. The summed E-state index contributed by atoms with van der Waals surface area (Å²) < 4.78 is 31.7. The van der Waals surface area contributed by atoms with Crippen LogP contribution < -0.4 is 10.6 Å². The van der Waals surface area contributed by atoms with Gasteiger partial charge in [-0.05, 0) is 44.2 Å². The maximum atomic E-state index is 13.0. The van der Waals surface area contributed by atoms with Crippen molar-refractivity contribution in [3.8, 4) is 0 Å². The molecule has 1 fully saturated rings. The highest BCUT2D eigenvalue weighted by molar-refractivity contribution is 5.97. The van der Waals surface area contributed by atoms with Gasteiger partial charge in [0.05, 0.1) is 6.61 Å². The van der Waals surface area contributed by atoms with Crippen LogP contribution in [0.25, 0.3) is 0 Å². The predicted octanol–water partition coefficient (Wildman–Crippen LogP) is 3.50. The number of alkyl halides is 2. The Hall–Kier alpha value is -2.68. The highest BCUT2D eigenvalue weighted by Crippen LogP contribution is 2.30. The van der Waals surface area contributed by atoms with Gasteiger partial charge in [-0.15, -0.1) is 0 Å². The molecular weight excluding hydrogens is 406 g/mol. The van der Waals surface area contributed by atoms with Gasteiger partial charge in [0.1, 0.15) is 12.0 Å². The third kappa shape index (κ3) is 6.92. The van der Waals surface area contributed by atoms with Gasteiger partial charge in [0.15, 0.2) is 0 Å². The number of aromatic nitrogens is 1. The lowest BCUT2D eigenvalue weighted by Crippen LogP contribution is -2.29. The maximum Gasteiger partial charge on any atom is 0.265 e. The van der Waals surface area contributed by atoms with Crippen LogP contribution in [0, 0.1) is 18.8 Å². The van der Waals surface area contributed by atoms with E-state index in [-0.39, 0.29) is 42.4 Å². The smallest absolute Gasteiger partial charge is 0.265 e. The molecule has 1 aliphatic heterocycles. The first-order chi connectivity index (χ1) is 14.9. The molecule has 2 aliphatic rings. The molecule has 2 amide bonds. The van der Waals surface area contributed by atoms with E-state index in [0.29, 0.717) is 23.5 Å². The number of carbonyl (C=O) groups excluding carboxylic acids is 2. The number of aryl methyl sites for hydroxylation is 1. The van der Waals surface area contributed by atoms with E-state index >= 15 is 0 Å². The number of pyridine rings is 1. The molecule has 2 N–H and O–H groups in total. The fourth-order valence-corrected chi connectivity index (χ4v) is 3.30. The van der Waals surface area contributed by atoms with E-state index in [4.69, 9.17) is 4.74 Å². The largest absolute Gasteiger partial charge is 0.355 e. The summed E-state index contributed by atoms with van der Waals surface area (Å²) in [6.07, 6.45) is 2.66. The lowest BCUT2D eigenvalue weighted by molar-refractivity contribution is -0.117. The Morgan fingerprint density at radius 3 is 2.74 bits per heavy atom. The van der Waals surface area contributed by atoms with Crippen molar-refractivity contribution in [1.82, 2.24) is 10.3 Å². The molecule has 7 nitrogen and oxygen atoms in total. The van der Waals surface area contributed by atoms with E-state index in [9.17, 15) is 18.4 Å². The van der Waals surface area contributed by atoms with Gasteiger partial charge in [-0.25, -0.2) is 13.8 Å². The number of nitrogens with zero attached hydrogens (tertiary/aromatic N) is 2. The second-order valence-electron chi connectivity index (χ2n) is 7.88. The van der Waals surface area contributed by atoms with Crippen molar-refractivity contribution in [2.75, 3.05) is 18.5 Å². The van der Waals surface area contributed by atoms with Crippen LogP contribution in [0.3, 0.4) is 0 Å². The molecule has 1 saturated carbocycles. The number of nitrogens with one attached hydrogen (secondary N) is 2. The highest BCUT2D eigenvalue weighted by atomic mass is 19.3. The predicted molar refractivity (Wildman–Crippen MR) is 113 cm³/mol. The van der Waals surface area contributed by atoms with Crippen molar-refractivity contribution >= 4 is 23.8 Å². The van der Waals surface area contributed by atoms with Crippen LogP contribution in [0.4, 0.5) is 14.6 Å². The summed E-state index contributed by atoms with van der Waals surface area (Å²) in [6.45, 7) is 4.12. The summed E-state index contributed by atoms with van der Waals surface area (Å²) in [5, 5.41) is 5.51. The van der Waals surface area contributed by atoms with Crippen LogP contribution in [-0.4, -0.2) is 48.8 Å². The number of allylic oxidation sites excluding steroid dienone is 2. The van der Waals surface area contributed by atoms with Gasteiger partial charge in [0.25, 0.3) is 12.3 Å². The fourth-order valence-electron chi connectivity index (χ4n) is 3.30. The zero-order chi connectivity index (χ0) is 22.4. The second-order valence-corrected chi connectivity index (χ2v) is 7.88. The first kappa shape index (κ1) is 23.0. The van der Waals surface area contributed by atoms with E-state index in [1.54, 1.807) is 25.1 Å². The molecule has 1 aromatic heterocycles. The average Bonchev–Trinajstić information content (AvgIpc) is 3.57. The molecule has 0 bridgehead atoms. The lowest BCUT2D eigenvalue weighted by Gasteiger charge is -2.16. The molecule has 2 unspecified atom stereocenters. The molecule has 3 rings (SSSR count). The van der Waals surface area contributed by atoms with Crippen LogP contribution in [0.15, 0.2) is 28.8 Å². The van der Waals surface area contributed by atoms with Gasteiger partial charge in [0, 0.05) is 41.9 Å². The summed E-state index contributed by atoms with van der Waals surface area (Å²) >= 11 is 0. The summed E-state index contributed by atoms with van der Waals surface area (Å²) in [6, 6.07) is 3.18. The number of ether oxygens (including phenoxy) is 1. The SMILES string of the molecule is CCC1C=C(C(F)F)C=NC(OCCNC(=O)c2cc(C)nc(NC(=O)C3CC3)c2)C1. The molecular formula is C22H28F2N4O3. The average molecular weight is 434 g/mol. The van der Waals surface area contributed by atoms with Crippen molar-refractivity contribution in [3.63, 3.8) is 0 Å². The minimum absolute atomic E-state index is 0.0323. The van der Waals surface area contributed by atoms with Gasteiger partial charge in [-0.3, -0.25) is 14.6 Å². The molecule has 1 aromatic rings. The Labute approximate surface area is 180 Å². The van der Waals surface area contributed by atoms with E-state index in [2.05, 4.69) is 20.6 Å². The standard InChI is InChI=1S/C22H28F2N4O3/c1-3-14-9-17(20(23)24)12-26-19(10-14)31-7-6-25-21(29)16-8-13(2)27-18(11-16)28-22(30)15-4-5-15/h8-9,11-12,14-15,19-20H,3-7,10H2,1-2H3,(H,25,29)(H,27,28,30). The third-order valence-electron chi connectivity index (χ3n) is 5.21. The summed E-state index contributed by atoms with van der Waals surface area (Å²) in [7, 11) is 0. The Bertz CT molecular complexity index is 868. The highest BCUT2D eigenvalue weighted by Gasteiger charge is 2.30. The third-order valence-corrected chi connectivity index (χ3v) is 5.21. The van der Waals surface area contributed by atoms with E-state index < -0.39 is 12.7 Å². The Morgan fingerprint density at radius 1 is 1.29 bits per heavy atom. The number of amides is 2. The molecule has 31 heavy (non-hydrogen) atoms. The normalized spacial score (nSPS) is 20.9. The molecule has 168 valence electrons. The van der Waals surface area contributed by atoms with Crippen LogP contribution in [0.5, 0.6) is 0 Å². The molecule has 2 atom stereocenters. The topological polar surface area (TPSA) is 92.7 Å². The number of halogens is 2. The number of anilines is 1. The van der Waals surface area contributed by atoms with Crippen molar-refractivity contribution < 1.29 is 23.1 Å². The van der Waals surface area contributed by atoms with Crippen molar-refractivity contribution in [3.05, 3.63) is 35.0 Å². The molecule has 0 radical (unpaired) electrons. The minimum atomic E-state index is -2.56. The molecule has 0 aromatic carbocycles. The molecule has 1 aliphatic carbocycles. The summed E-state index contributed by atoms with van der Waals surface area (Å²) in [5.41, 5.74) is 0.933. The summed E-state index contributed by atoms with van der Waals surface area (Å²) in [4.78, 5) is 32.8. The molecule has 0 saturated heterocycles. The Balaban J connectivity index is 1.48. The second kappa shape index (κ2) is 10.6. The molecule has 2 heterocycles.